The summed E-state index contributed by atoms with van der Waals surface area (Å²) in [5.74, 6) is -0.0104. The zero-order chi connectivity index (χ0) is 26.5. The maximum Gasteiger partial charge on any atom is 0.247 e. The highest BCUT2D eigenvalue weighted by Crippen LogP contribution is 2.23. The van der Waals surface area contributed by atoms with Crippen molar-refractivity contribution in [1.29, 1.82) is 0 Å². The Balaban J connectivity index is 1.37. The maximum atomic E-state index is 12.5. The molecule has 0 bridgehead atoms. The topological polar surface area (TPSA) is 129 Å². The first-order valence-corrected chi connectivity index (χ1v) is 12.3. The molecular formula is C27H28N8O3. The van der Waals surface area contributed by atoms with Crippen LogP contribution in [0.25, 0.3) is 16.7 Å². The van der Waals surface area contributed by atoms with Crippen LogP contribution in [-0.2, 0) is 4.79 Å². The van der Waals surface area contributed by atoms with E-state index in [9.17, 15) is 9.59 Å². The average Bonchev–Trinajstić information content (AvgIpc) is 2.94. The quantitative estimate of drug-likeness (QED) is 0.304. The highest BCUT2D eigenvalue weighted by Gasteiger charge is 2.17. The molecule has 38 heavy (non-hydrogen) atoms. The molecule has 3 N–H and O–H groups in total. The molecule has 1 aliphatic rings. The second kappa shape index (κ2) is 11.2. The molecule has 1 amide bonds. The molecule has 194 valence electrons. The Bertz CT molecular complexity index is 1510. The van der Waals surface area contributed by atoms with Crippen LogP contribution in [0.1, 0.15) is 0 Å². The SMILES string of the molecule is C=CC(=O)Nc1cncc(-n2ccc(=O)c3cnc(Nc4ccc(N5CCN(CCO)CC5)cc4)nc32)c1. The molecule has 0 radical (unpaired) electrons. The largest absolute Gasteiger partial charge is 0.395 e. The van der Waals surface area contributed by atoms with Crippen LogP contribution < -0.4 is 21.0 Å². The van der Waals surface area contributed by atoms with Crippen molar-refractivity contribution in [3.05, 3.63) is 84.1 Å². The monoisotopic (exact) mass is 512 g/mol. The fourth-order valence-electron chi connectivity index (χ4n) is 4.38. The van der Waals surface area contributed by atoms with Gasteiger partial charge in [0, 0.05) is 62.6 Å². The van der Waals surface area contributed by atoms with Crippen molar-refractivity contribution in [2.75, 3.05) is 54.9 Å². The van der Waals surface area contributed by atoms with E-state index in [1.807, 2.05) is 12.1 Å². The van der Waals surface area contributed by atoms with Crippen LogP contribution in [0.4, 0.5) is 23.0 Å². The Morgan fingerprint density at radius 2 is 1.82 bits per heavy atom. The van der Waals surface area contributed by atoms with Crippen molar-refractivity contribution in [3.8, 4) is 5.69 Å². The summed E-state index contributed by atoms with van der Waals surface area (Å²) in [6, 6.07) is 11.2. The van der Waals surface area contributed by atoms with Crippen molar-refractivity contribution < 1.29 is 9.90 Å². The van der Waals surface area contributed by atoms with Gasteiger partial charge in [0.05, 0.1) is 35.8 Å². The third-order valence-corrected chi connectivity index (χ3v) is 6.37. The second-order valence-corrected chi connectivity index (χ2v) is 8.83. The smallest absolute Gasteiger partial charge is 0.247 e. The van der Waals surface area contributed by atoms with E-state index in [-0.39, 0.29) is 17.9 Å². The summed E-state index contributed by atoms with van der Waals surface area (Å²) >= 11 is 0. The van der Waals surface area contributed by atoms with Gasteiger partial charge in [-0.1, -0.05) is 6.58 Å². The minimum Gasteiger partial charge on any atom is -0.395 e. The standard InChI is InChI=1S/C27H28N8O3/c1-2-25(38)30-20-15-22(17-28-16-20)35-8-7-24(37)23-18-29-27(32-26(23)35)31-19-3-5-21(6-4-19)34-11-9-33(10-12-34)13-14-36/h2-8,15-18,36H,1,9-14H2,(H,30,38)(H,29,31,32). The molecule has 11 heteroatoms. The number of hydrogen-bond acceptors (Lipinski definition) is 9. The minimum atomic E-state index is -0.350. The van der Waals surface area contributed by atoms with Crippen molar-refractivity contribution >= 4 is 40.0 Å². The lowest BCUT2D eigenvalue weighted by atomic mass is 10.2. The third-order valence-electron chi connectivity index (χ3n) is 6.37. The van der Waals surface area contributed by atoms with Crippen LogP contribution in [0, 0.1) is 0 Å². The number of benzene rings is 1. The number of amides is 1. The number of rotatable bonds is 8. The number of carbonyl (C=O) groups is 1. The van der Waals surface area contributed by atoms with Gasteiger partial charge >= 0.3 is 0 Å². The van der Waals surface area contributed by atoms with E-state index >= 15 is 0 Å². The van der Waals surface area contributed by atoms with Gasteiger partial charge in [-0.3, -0.25) is 24.0 Å². The normalized spacial score (nSPS) is 13.9. The summed E-state index contributed by atoms with van der Waals surface area (Å²) in [4.78, 5) is 42.0. The molecule has 0 saturated carbocycles. The second-order valence-electron chi connectivity index (χ2n) is 8.83. The van der Waals surface area contributed by atoms with E-state index in [0.29, 0.717) is 34.9 Å². The lowest BCUT2D eigenvalue weighted by Gasteiger charge is -2.35. The summed E-state index contributed by atoms with van der Waals surface area (Å²) < 4.78 is 1.72. The predicted octanol–water partition coefficient (Wildman–Crippen LogP) is 2.16. The number of nitrogens with zero attached hydrogens (tertiary/aromatic N) is 6. The van der Waals surface area contributed by atoms with Gasteiger partial charge in [-0.2, -0.15) is 4.98 Å². The molecule has 0 spiro atoms. The first-order chi connectivity index (χ1) is 18.5. The van der Waals surface area contributed by atoms with E-state index in [1.54, 1.807) is 23.0 Å². The molecule has 11 nitrogen and oxygen atoms in total. The number of anilines is 4. The molecular weight excluding hydrogens is 484 g/mol. The molecule has 3 aromatic heterocycles. The number of pyridine rings is 2. The van der Waals surface area contributed by atoms with Gasteiger partial charge in [0.15, 0.2) is 11.1 Å². The fourth-order valence-corrected chi connectivity index (χ4v) is 4.38. The van der Waals surface area contributed by atoms with Gasteiger partial charge in [-0.15, -0.1) is 0 Å². The summed E-state index contributed by atoms with van der Waals surface area (Å²) in [7, 11) is 0. The Kier molecular flexibility index (Phi) is 7.38. The van der Waals surface area contributed by atoms with E-state index in [2.05, 4.69) is 54.1 Å². The number of piperazine rings is 1. The zero-order valence-electron chi connectivity index (χ0n) is 20.7. The number of fused-ring (bicyclic) bond motifs is 1. The van der Waals surface area contributed by atoms with Gasteiger partial charge in [-0.25, -0.2) is 4.98 Å². The third kappa shape index (κ3) is 5.53. The first-order valence-electron chi connectivity index (χ1n) is 12.3. The van der Waals surface area contributed by atoms with Crippen molar-refractivity contribution in [1.82, 2.24) is 24.4 Å². The van der Waals surface area contributed by atoms with Crippen LogP contribution in [-0.4, -0.2) is 74.8 Å². The average molecular weight is 513 g/mol. The van der Waals surface area contributed by atoms with Gasteiger partial charge in [0.25, 0.3) is 0 Å². The number of carbonyl (C=O) groups excluding carboxylic acids is 1. The number of aromatic nitrogens is 4. The number of nitrogens with one attached hydrogen (secondary N) is 2. The fraction of sp³-hybridized carbons (Fsp3) is 0.222. The van der Waals surface area contributed by atoms with Gasteiger partial charge < -0.3 is 20.6 Å². The zero-order valence-corrected chi connectivity index (χ0v) is 20.7. The summed E-state index contributed by atoms with van der Waals surface area (Å²) in [5.41, 5.74) is 3.25. The summed E-state index contributed by atoms with van der Waals surface area (Å²) in [6.07, 6.45) is 7.44. The molecule has 5 rings (SSSR count). The van der Waals surface area contributed by atoms with Crippen LogP contribution in [0.3, 0.4) is 0 Å². The molecule has 4 aromatic rings. The molecule has 0 atom stereocenters. The van der Waals surface area contributed by atoms with Crippen LogP contribution in [0.2, 0.25) is 0 Å². The number of hydrogen-bond donors (Lipinski definition) is 3. The van der Waals surface area contributed by atoms with Crippen molar-refractivity contribution in [3.63, 3.8) is 0 Å². The Morgan fingerprint density at radius 3 is 2.55 bits per heavy atom. The van der Waals surface area contributed by atoms with E-state index in [0.717, 1.165) is 37.6 Å². The highest BCUT2D eigenvalue weighted by atomic mass is 16.3. The van der Waals surface area contributed by atoms with Crippen molar-refractivity contribution in [2.24, 2.45) is 0 Å². The Hall–Kier alpha value is -4.61. The first kappa shape index (κ1) is 25.1. The number of β-amino-alcohol motifs (C(OH)–C–C–N with tert-alkyl or cyclic N) is 1. The molecule has 1 aromatic carbocycles. The molecule has 0 aliphatic carbocycles. The maximum absolute atomic E-state index is 12.5. The van der Waals surface area contributed by atoms with Gasteiger partial charge in [-0.05, 0) is 36.4 Å². The predicted molar refractivity (Wildman–Crippen MR) is 147 cm³/mol. The van der Waals surface area contributed by atoms with Crippen molar-refractivity contribution in [2.45, 2.75) is 0 Å². The molecule has 1 fully saturated rings. The minimum absolute atomic E-state index is 0.185. The van der Waals surface area contributed by atoms with E-state index in [1.165, 1.54) is 24.5 Å². The molecule has 0 unspecified atom stereocenters. The van der Waals surface area contributed by atoms with Gasteiger partial charge in [0.2, 0.25) is 11.9 Å². The van der Waals surface area contributed by atoms with Crippen LogP contribution in [0.15, 0.2) is 78.6 Å². The lowest BCUT2D eigenvalue weighted by molar-refractivity contribution is -0.111. The number of aliphatic hydroxyl groups excluding tert-OH is 1. The molecule has 4 heterocycles. The van der Waals surface area contributed by atoms with Gasteiger partial charge in [0.1, 0.15) is 0 Å². The van der Waals surface area contributed by atoms with E-state index in [4.69, 9.17) is 5.11 Å². The molecule has 1 aliphatic heterocycles. The van der Waals surface area contributed by atoms with Crippen LogP contribution >= 0.6 is 0 Å². The molecule has 1 saturated heterocycles. The van der Waals surface area contributed by atoms with Crippen LogP contribution in [0.5, 0.6) is 0 Å². The Labute approximate surface area is 219 Å². The summed E-state index contributed by atoms with van der Waals surface area (Å²) in [5, 5.41) is 15.4. The summed E-state index contributed by atoms with van der Waals surface area (Å²) in [6.45, 7) is 8.02. The highest BCUT2D eigenvalue weighted by molar-refractivity contribution is 5.98. The van der Waals surface area contributed by atoms with E-state index < -0.39 is 0 Å². The lowest BCUT2D eigenvalue weighted by Crippen LogP contribution is -2.47. The number of aliphatic hydroxyl groups is 1. The Morgan fingerprint density at radius 1 is 1.03 bits per heavy atom.